The van der Waals surface area contributed by atoms with Gasteiger partial charge < -0.3 is 16.4 Å². The number of amides is 3. The number of nitrogens with zero attached hydrogens (tertiary/aromatic N) is 1. The summed E-state index contributed by atoms with van der Waals surface area (Å²) in [5, 5.41) is 5.71. The van der Waals surface area contributed by atoms with E-state index in [0.29, 0.717) is 24.5 Å². The molecule has 7 heteroatoms. The summed E-state index contributed by atoms with van der Waals surface area (Å²) in [6, 6.07) is 12.8. The highest BCUT2D eigenvalue weighted by atomic mass is 35.5. The first-order chi connectivity index (χ1) is 12.1. The lowest BCUT2D eigenvalue weighted by Crippen LogP contribution is -2.38. The average molecular weight is 375 g/mol. The fourth-order valence-corrected chi connectivity index (χ4v) is 2.94. The highest BCUT2D eigenvalue weighted by Gasteiger charge is 2.24. The van der Waals surface area contributed by atoms with Gasteiger partial charge in [0.05, 0.1) is 12.1 Å². The molecule has 0 spiro atoms. The molecule has 2 aromatic carbocycles. The van der Waals surface area contributed by atoms with Crippen molar-refractivity contribution in [3.05, 3.63) is 53.6 Å². The van der Waals surface area contributed by atoms with Crippen molar-refractivity contribution in [2.75, 3.05) is 29.0 Å². The summed E-state index contributed by atoms with van der Waals surface area (Å²) in [7, 11) is 0. The lowest BCUT2D eigenvalue weighted by molar-refractivity contribution is -0.115. The number of fused-ring (bicyclic) bond motifs is 1. The van der Waals surface area contributed by atoms with E-state index in [2.05, 4.69) is 10.6 Å². The van der Waals surface area contributed by atoms with E-state index in [4.69, 9.17) is 5.73 Å². The Hall–Kier alpha value is -2.73. The molecular weight excluding hydrogens is 352 g/mol. The summed E-state index contributed by atoms with van der Waals surface area (Å²) in [5.74, 6) is -0.104. The van der Waals surface area contributed by atoms with Crippen LogP contribution in [0.15, 0.2) is 42.5 Å². The molecule has 0 radical (unpaired) electrons. The molecule has 1 aliphatic rings. The summed E-state index contributed by atoms with van der Waals surface area (Å²) in [4.78, 5) is 26.1. The Kier molecular flexibility index (Phi) is 6.46. The van der Waals surface area contributed by atoms with Crippen LogP contribution in [0.5, 0.6) is 0 Å². The molecule has 0 saturated heterocycles. The van der Waals surface area contributed by atoms with E-state index in [0.717, 1.165) is 23.2 Å². The number of carbonyl (C=O) groups excluding carboxylic acids is 2. The Morgan fingerprint density at radius 1 is 1.15 bits per heavy atom. The molecule has 26 heavy (non-hydrogen) atoms. The highest BCUT2D eigenvalue weighted by molar-refractivity contribution is 5.97. The van der Waals surface area contributed by atoms with Gasteiger partial charge in [-0.05, 0) is 48.7 Å². The van der Waals surface area contributed by atoms with Crippen LogP contribution in [0.1, 0.15) is 18.1 Å². The lowest BCUT2D eigenvalue weighted by atomic mass is 10.1. The van der Waals surface area contributed by atoms with Crippen LogP contribution in [0, 0.1) is 0 Å². The summed E-state index contributed by atoms with van der Waals surface area (Å²) in [6.07, 6.45) is 1.10. The molecule has 1 heterocycles. The molecule has 6 nitrogen and oxygen atoms in total. The van der Waals surface area contributed by atoms with Gasteiger partial charge in [-0.25, -0.2) is 4.79 Å². The molecule has 3 amide bonds. The maximum Gasteiger partial charge on any atom is 0.321 e. The molecule has 0 fully saturated rings. The number of benzene rings is 2. The molecule has 1 aliphatic heterocycles. The molecular formula is C19H23ClN4O2. The maximum absolute atomic E-state index is 12.2. The minimum Gasteiger partial charge on any atom is -0.399 e. The van der Waals surface area contributed by atoms with Gasteiger partial charge in [-0.2, -0.15) is 0 Å². The summed E-state index contributed by atoms with van der Waals surface area (Å²) >= 11 is 0. The zero-order valence-corrected chi connectivity index (χ0v) is 15.4. The monoisotopic (exact) mass is 374 g/mol. The molecule has 0 unspecified atom stereocenters. The van der Waals surface area contributed by atoms with Crippen LogP contribution in [-0.2, 0) is 17.6 Å². The maximum atomic E-state index is 12.2. The quantitative estimate of drug-likeness (QED) is 0.719. The second-order valence-electron chi connectivity index (χ2n) is 6.05. The number of anilines is 3. The number of urea groups is 1. The van der Waals surface area contributed by atoms with Crippen molar-refractivity contribution in [3.8, 4) is 0 Å². The van der Waals surface area contributed by atoms with Gasteiger partial charge in [0.2, 0.25) is 5.91 Å². The van der Waals surface area contributed by atoms with Gasteiger partial charge in [-0.15, -0.1) is 12.4 Å². The zero-order valence-electron chi connectivity index (χ0n) is 14.6. The van der Waals surface area contributed by atoms with E-state index in [-0.39, 0.29) is 30.8 Å². The average Bonchev–Trinajstić information content (AvgIpc) is 3.00. The second-order valence-corrected chi connectivity index (χ2v) is 6.05. The van der Waals surface area contributed by atoms with Crippen molar-refractivity contribution in [2.24, 2.45) is 0 Å². The second kappa shape index (κ2) is 8.58. The van der Waals surface area contributed by atoms with Crippen molar-refractivity contribution in [2.45, 2.75) is 19.8 Å². The number of nitrogens with one attached hydrogen (secondary N) is 2. The van der Waals surface area contributed by atoms with Crippen molar-refractivity contribution in [3.63, 3.8) is 0 Å². The Balaban J connectivity index is 0.00000243. The number of rotatable bonds is 4. The number of hydrogen-bond acceptors (Lipinski definition) is 3. The van der Waals surface area contributed by atoms with Crippen LogP contribution in [0.3, 0.4) is 0 Å². The highest BCUT2D eigenvalue weighted by Crippen LogP contribution is 2.31. The number of nitrogens with two attached hydrogens (primary N) is 1. The smallest absolute Gasteiger partial charge is 0.321 e. The number of hydrogen-bond donors (Lipinski definition) is 3. The predicted molar refractivity (Wildman–Crippen MR) is 107 cm³/mol. The van der Waals surface area contributed by atoms with E-state index in [1.54, 1.807) is 17.0 Å². The van der Waals surface area contributed by atoms with Crippen LogP contribution in [0.4, 0.5) is 21.9 Å². The van der Waals surface area contributed by atoms with Crippen molar-refractivity contribution < 1.29 is 9.59 Å². The fourth-order valence-electron chi connectivity index (χ4n) is 2.94. The van der Waals surface area contributed by atoms with Crippen LogP contribution >= 0.6 is 12.4 Å². The largest absolute Gasteiger partial charge is 0.399 e. The van der Waals surface area contributed by atoms with E-state index < -0.39 is 0 Å². The third-order valence-electron chi connectivity index (χ3n) is 4.18. The van der Waals surface area contributed by atoms with E-state index in [1.807, 2.05) is 37.3 Å². The summed E-state index contributed by atoms with van der Waals surface area (Å²) in [5.41, 5.74) is 9.89. The molecule has 3 rings (SSSR count). The van der Waals surface area contributed by atoms with Crippen LogP contribution < -0.4 is 21.3 Å². The number of halogens is 1. The van der Waals surface area contributed by atoms with Gasteiger partial charge in [0.1, 0.15) is 0 Å². The first-order valence-electron chi connectivity index (χ1n) is 8.39. The molecule has 0 atom stereocenters. The minimum absolute atomic E-state index is 0. The topological polar surface area (TPSA) is 87.5 Å². The van der Waals surface area contributed by atoms with Crippen molar-refractivity contribution in [1.29, 1.82) is 0 Å². The number of nitrogen functional groups attached to an aromatic ring is 1. The zero-order chi connectivity index (χ0) is 17.8. The summed E-state index contributed by atoms with van der Waals surface area (Å²) in [6.45, 7) is 3.13. The molecule has 0 saturated carbocycles. The SMILES string of the molecule is CCNC(=O)N1CCc2ccc(NC(=O)Cc3ccc(N)cc3)cc21.Cl. The van der Waals surface area contributed by atoms with Gasteiger partial charge in [0.15, 0.2) is 0 Å². The van der Waals surface area contributed by atoms with Gasteiger partial charge in [-0.1, -0.05) is 18.2 Å². The standard InChI is InChI=1S/C19H22N4O2.ClH/c1-2-21-19(25)23-10-9-14-5-8-16(12-17(14)23)22-18(24)11-13-3-6-15(20)7-4-13;/h3-8,12H,2,9-11,20H2,1H3,(H,21,25)(H,22,24);1H. The van der Waals surface area contributed by atoms with E-state index in [1.165, 1.54) is 0 Å². The van der Waals surface area contributed by atoms with Crippen molar-refractivity contribution >= 4 is 41.4 Å². The number of carbonyl (C=O) groups is 2. The third-order valence-corrected chi connectivity index (χ3v) is 4.18. The predicted octanol–water partition coefficient (Wildman–Crippen LogP) is 2.96. The van der Waals surface area contributed by atoms with Gasteiger partial charge in [0.25, 0.3) is 0 Å². The first-order valence-corrected chi connectivity index (χ1v) is 8.39. The molecule has 138 valence electrons. The van der Waals surface area contributed by atoms with E-state index in [9.17, 15) is 9.59 Å². The van der Waals surface area contributed by atoms with Crippen LogP contribution in [0.2, 0.25) is 0 Å². The first kappa shape index (κ1) is 19.6. The normalized spacial score (nSPS) is 12.1. The minimum atomic E-state index is -0.105. The van der Waals surface area contributed by atoms with Gasteiger partial charge >= 0.3 is 6.03 Å². The fraction of sp³-hybridized carbons (Fsp3) is 0.263. The van der Waals surface area contributed by atoms with Crippen LogP contribution in [-0.4, -0.2) is 25.0 Å². The molecule has 4 N–H and O–H groups in total. The molecule has 0 aromatic heterocycles. The Morgan fingerprint density at radius 3 is 2.58 bits per heavy atom. The molecule has 0 bridgehead atoms. The van der Waals surface area contributed by atoms with Crippen molar-refractivity contribution in [1.82, 2.24) is 5.32 Å². The summed E-state index contributed by atoms with van der Waals surface area (Å²) < 4.78 is 0. The van der Waals surface area contributed by atoms with Gasteiger partial charge in [-0.3, -0.25) is 9.69 Å². The Labute approximate surface area is 159 Å². The van der Waals surface area contributed by atoms with Gasteiger partial charge in [0, 0.05) is 24.5 Å². The van der Waals surface area contributed by atoms with Crippen LogP contribution in [0.25, 0.3) is 0 Å². The Bertz CT molecular complexity index is 793. The lowest BCUT2D eigenvalue weighted by Gasteiger charge is -2.18. The third kappa shape index (κ3) is 4.46. The molecule has 2 aromatic rings. The Morgan fingerprint density at radius 2 is 1.88 bits per heavy atom. The van der Waals surface area contributed by atoms with E-state index >= 15 is 0 Å². The molecule has 0 aliphatic carbocycles.